The Morgan fingerprint density at radius 2 is 2.22 bits per heavy atom. The van der Waals surface area contributed by atoms with Gasteiger partial charge in [-0.1, -0.05) is 0 Å². The van der Waals surface area contributed by atoms with Crippen LogP contribution >= 0.6 is 11.6 Å². The van der Waals surface area contributed by atoms with E-state index < -0.39 is 0 Å². The van der Waals surface area contributed by atoms with Crippen molar-refractivity contribution in [2.75, 3.05) is 0 Å². The number of nitrogens with one attached hydrogen (secondary N) is 1. The molecule has 0 radical (unpaired) electrons. The van der Waals surface area contributed by atoms with E-state index in [1.165, 1.54) is 0 Å². The van der Waals surface area contributed by atoms with E-state index in [2.05, 4.69) is 9.97 Å². The van der Waals surface area contributed by atoms with Gasteiger partial charge in [0, 0.05) is 5.69 Å². The lowest BCUT2D eigenvalue weighted by Gasteiger charge is -1.80. The molecule has 0 atom stereocenters. The van der Waals surface area contributed by atoms with E-state index in [-0.39, 0.29) is 0 Å². The fourth-order valence-electron chi connectivity index (χ4n) is 0.684. The van der Waals surface area contributed by atoms with Gasteiger partial charge in [-0.3, -0.25) is 0 Å². The first kappa shape index (κ1) is 6.62. The fourth-order valence-corrected chi connectivity index (χ4v) is 0.811. The first-order valence-electron chi connectivity index (χ1n) is 2.82. The van der Waals surface area contributed by atoms with Crippen molar-refractivity contribution in [3.63, 3.8) is 0 Å². The van der Waals surface area contributed by atoms with E-state index in [0.29, 0.717) is 5.88 Å². The molecule has 0 aliphatic carbocycles. The summed E-state index contributed by atoms with van der Waals surface area (Å²) in [4.78, 5) is 7.19. The van der Waals surface area contributed by atoms with Crippen LogP contribution in [0.1, 0.15) is 17.2 Å². The van der Waals surface area contributed by atoms with Crippen LogP contribution in [0.2, 0.25) is 0 Å². The molecule has 0 aliphatic rings. The van der Waals surface area contributed by atoms with Gasteiger partial charge < -0.3 is 4.98 Å². The van der Waals surface area contributed by atoms with Crippen LogP contribution in [0.25, 0.3) is 0 Å². The first-order valence-corrected chi connectivity index (χ1v) is 3.35. The lowest BCUT2D eigenvalue weighted by molar-refractivity contribution is 1.09. The van der Waals surface area contributed by atoms with Crippen LogP contribution in [0.15, 0.2) is 0 Å². The number of nitrogens with zero attached hydrogens (tertiary/aromatic N) is 1. The van der Waals surface area contributed by atoms with Crippen molar-refractivity contribution in [1.82, 2.24) is 9.97 Å². The molecule has 0 spiro atoms. The summed E-state index contributed by atoms with van der Waals surface area (Å²) < 4.78 is 0. The number of aryl methyl sites for hydroxylation is 2. The second-order valence-electron chi connectivity index (χ2n) is 2.03. The minimum atomic E-state index is 0.467. The molecular weight excluding hydrogens is 136 g/mol. The molecule has 0 aliphatic heterocycles. The van der Waals surface area contributed by atoms with Gasteiger partial charge in [0.1, 0.15) is 5.82 Å². The average molecular weight is 145 g/mol. The number of H-pyrrole nitrogens is 1. The Hall–Kier alpha value is -0.500. The number of aromatic nitrogens is 2. The molecule has 1 heterocycles. The molecule has 0 fully saturated rings. The number of aromatic amines is 1. The Morgan fingerprint density at radius 1 is 1.56 bits per heavy atom. The zero-order valence-corrected chi connectivity index (χ0v) is 6.29. The van der Waals surface area contributed by atoms with Gasteiger partial charge in [0.25, 0.3) is 0 Å². The smallest absolute Gasteiger partial charge is 0.121 e. The molecule has 0 amide bonds. The molecule has 0 unspecified atom stereocenters. The third-order valence-corrected chi connectivity index (χ3v) is 1.56. The highest BCUT2D eigenvalue weighted by Crippen LogP contribution is 2.03. The Kier molecular flexibility index (Phi) is 1.76. The number of hydrogen-bond donors (Lipinski definition) is 1. The Bertz CT molecular complexity index is 185. The van der Waals surface area contributed by atoms with Gasteiger partial charge in [-0.05, 0) is 13.8 Å². The first-order chi connectivity index (χ1) is 4.24. The molecule has 1 aromatic heterocycles. The fraction of sp³-hybridized carbons (Fsp3) is 0.500. The van der Waals surface area contributed by atoms with Crippen LogP contribution in [0.4, 0.5) is 0 Å². The van der Waals surface area contributed by atoms with Gasteiger partial charge in [-0.25, -0.2) is 4.98 Å². The standard InChI is InChI=1S/C6H9ClN2/c1-4-5(2)9-6(3-7)8-4/h3H2,1-2H3,(H,8,9). The normalized spacial score (nSPS) is 10.1. The zero-order valence-electron chi connectivity index (χ0n) is 5.53. The minimum absolute atomic E-state index is 0.467. The summed E-state index contributed by atoms with van der Waals surface area (Å²) in [5.41, 5.74) is 2.14. The van der Waals surface area contributed by atoms with Gasteiger partial charge in [0.2, 0.25) is 0 Å². The number of alkyl halides is 1. The molecule has 1 rings (SSSR count). The predicted molar refractivity (Wildman–Crippen MR) is 37.6 cm³/mol. The predicted octanol–water partition coefficient (Wildman–Crippen LogP) is 1.77. The van der Waals surface area contributed by atoms with Gasteiger partial charge in [-0.2, -0.15) is 0 Å². The minimum Gasteiger partial charge on any atom is -0.345 e. The molecule has 50 valence electrons. The van der Waals surface area contributed by atoms with E-state index in [0.717, 1.165) is 17.2 Å². The Balaban J connectivity index is 2.98. The van der Waals surface area contributed by atoms with Crippen LogP contribution in [0.3, 0.4) is 0 Å². The van der Waals surface area contributed by atoms with Crippen LogP contribution in [0.5, 0.6) is 0 Å². The molecule has 0 saturated carbocycles. The highest BCUT2D eigenvalue weighted by Gasteiger charge is 1.98. The maximum Gasteiger partial charge on any atom is 0.121 e. The van der Waals surface area contributed by atoms with Crippen LogP contribution < -0.4 is 0 Å². The van der Waals surface area contributed by atoms with E-state index in [1.54, 1.807) is 0 Å². The monoisotopic (exact) mass is 144 g/mol. The number of rotatable bonds is 1. The second-order valence-corrected chi connectivity index (χ2v) is 2.29. The van der Waals surface area contributed by atoms with Crippen LogP contribution in [0, 0.1) is 13.8 Å². The highest BCUT2D eigenvalue weighted by molar-refractivity contribution is 6.16. The quantitative estimate of drug-likeness (QED) is 0.598. The topological polar surface area (TPSA) is 28.7 Å². The van der Waals surface area contributed by atoms with E-state index >= 15 is 0 Å². The molecule has 0 aromatic carbocycles. The van der Waals surface area contributed by atoms with E-state index in [9.17, 15) is 0 Å². The molecule has 0 bridgehead atoms. The summed E-state index contributed by atoms with van der Waals surface area (Å²) in [7, 11) is 0. The van der Waals surface area contributed by atoms with Crippen molar-refractivity contribution in [1.29, 1.82) is 0 Å². The Labute approximate surface area is 59.3 Å². The van der Waals surface area contributed by atoms with Gasteiger partial charge in [0.05, 0.1) is 11.6 Å². The lowest BCUT2D eigenvalue weighted by Crippen LogP contribution is -1.78. The number of hydrogen-bond acceptors (Lipinski definition) is 1. The number of imidazole rings is 1. The summed E-state index contributed by atoms with van der Waals surface area (Å²) in [5, 5.41) is 0. The lowest BCUT2D eigenvalue weighted by atomic mass is 10.4. The number of halogens is 1. The van der Waals surface area contributed by atoms with Gasteiger partial charge >= 0.3 is 0 Å². The summed E-state index contributed by atoms with van der Waals surface area (Å²) in [6, 6.07) is 0. The van der Waals surface area contributed by atoms with Crippen molar-refractivity contribution in [3.8, 4) is 0 Å². The average Bonchev–Trinajstić information content (AvgIpc) is 2.13. The second kappa shape index (κ2) is 2.40. The molecular formula is C6H9ClN2. The van der Waals surface area contributed by atoms with Crippen molar-refractivity contribution in [2.24, 2.45) is 0 Å². The van der Waals surface area contributed by atoms with Gasteiger partial charge in [0.15, 0.2) is 0 Å². The largest absolute Gasteiger partial charge is 0.345 e. The van der Waals surface area contributed by atoms with E-state index in [1.807, 2.05) is 13.8 Å². The van der Waals surface area contributed by atoms with Crippen molar-refractivity contribution in [3.05, 3.63) is 17.2 Å². The van der Waals surface area contributed by atoms with Crippen LogP contribution in [-0.4, -0.2) is 9.97 Å². The van der Waals surface area contributed by atoms with E-state index in [4.69, 9.17) is 11.6 Å². The SMILES string of the molecule is Cc1nc(CCl)[nH]c1C. The maximum absolute atomic E-state index is 5.52. The van der Waals surface area contributed by atoms with Crippen LogP contribution in [-0.2, 0) is 5.88 Å². The van der Waals surface area contributed by atoms with Crippen molar-refractivity contribution in [2.45, 2.75) is 19.7 Å². The third-order valence-electron chi connectivity index (χ3n) is 1.30. The Morgan fingerprint density at radius 3 is 2.44 bits per heavy atom. The third kappa shape index (κ3) is 1.24. The van der Waals surface area contributed by atoms with Crippen molar-refractivity contribution < 1.29 is 0 Å². The van der Waals surface area contributed by atoms with Gasteiger partial charge in [-0.15, -0.1) is 11.6 Å². The highest BCUT2D eigenvalue weighted by atomic mass is 35.5. The summed E-state index contributed by atoms with van der Waals surface area (Å²) in [6.07, 6.45) is 0. The molecule has 1 aromatic rings. The maximum atomic E-state index is 5.52. The summed E-state index contributed by atoms with van der Waals surface area (Å²) in [6.45, 7) is 3.94. The summed E-state index contributed by atoms with van der Waals surface area (Å²) in [5.74, 6) is 1.32. The molecule has 2 nitrogen and oxygen atoms in total. The molecule has 3 heteroatoms. The van der Waals surface area contributed by atoms with Crippen molar-refractivity contribution >= 4 is 11.6 Å². The zero-order chi connectivity index (χ0) is 6.85. The molecule has 1 N–H and O–H groups in total. The molecule has 0 saturated heterocycles. The molecule has 9 heavy (non-hydrogen) atoms. The summed E-state index contributed by atoms with van der Waals surface area (Å²) >= 11 is 5.52.